The van der Waals surface area contributed by atoms with Gasteiger partial charge in [-0.2, -0.15) is 10.1 Å². The molecule has 0 amide bonds. The molecule has 1 saturated heterocycles. The maximum atomic E-state index is 6.93. The smallest absolute Gasteiger partial charge is 0.210 e. The Bertz CT molecular complexity index is 2080. The molecule has 5 aromatic heterocycles. The van der Waals surface area contributed by atoms with Crippen LogP contribution >= 0.6 is 11.6 Å². The number of aryl methyl sites for hydroxylation is 1. The van der Waals surface area contributed by atoms with Gasteiger partial charge in [0.25, 0.3) is 0 Å². The molecule has 1 saturated carbocycles. The van der Waals surface area contributed by atoms with Gasteiger partial charge in [0.1, 0.15) is 28.5 Å². The second kappa shape index (κ2) is 11.6. The second-order valence-corrected chi connectivity index (χ2v) is 13.7. The van der Waals surface area contributed by atoms with E-state index in [2.05, 4.69) is 59.2 Å². The fourth-order valence-electron chi connectivity index (χ4n) is 6.07. The minimum atomic E-state index is -0.184. The lowest BCUT2D eigenvalue weighted by Gasteiger charge is -2.26. The van der Waals surface area contributed by atoms with Gasteiger partial charge in [0.05, 0.1) is 44.6 Å². The van der Waals surface area contributed by atoms with Gasteiger partial charge >= 0.3 is 0 Å². The molecule has 0 bridgehead atoms. The molecule has 12 nitrogen and oxygen atoms in total. The summed E-state index contributed by atoms with van der Waals surface area (Å²) in [6.45, 7) is 8.06. The lowest BCUT2D eigenvalue weighted by Crippen LogP contribution is -2.30. The standard InChI is InChI=1S/C34H36ClN9O3/c1-34(2,3)26-12-27(41-44(26)23-18-45-19-25(23)46-17-20-8-6-5-7-9-20)39-33-40-31-30(42(33)4)29(35)24(14-37-31)47-22-13-36-28-15-38-32(21-10-11-21)43(28)16-22/h5-9,12-16,21,23,25H,10-11,17-19H2,1-4H3,(H,37,39,40,41)/t23-,25-/m0/s1. The molecule has 2 aliphatic rings. The molecule has 2 atom stereocenters. The van der Waals surface area contributed by atoms with E-state index >= 15 is 0 Å². The zero-order valence-electron chi connectivity index (χ0n) is 26.7. The molecule has 0 unspecified atom stereocenters. The average Bonchev–Trinajstić information content (AvgIpc) is 3.36. The van der Waals surface area contributed by atoms with Crippen LogP contribution in [0.2, 0.25) is 5.02 Å². The van der Waals surface area contributed by atoms with Crippen molar-refractivity contribution >= 4 is 40.2 Å². The third-order valence-electron chi connectivity index (χ3n) is 8.73. The molecule has 1 N–H and O–H groups in total. The molecule has 2 fully saturated rings. The molecule has 1 aliphatic carbocycles. The van der Waals surface area contributed by atoms with Crippen LogP contribution in [0.1, 0.15) is 62.7 Å². The van der Waals surface area contributed by atoms with Crippen LogP contribution in [0.25, 0.3) is 16.8 Å². The van der Waals surface area contributed by atoms with Crippen molar-refractivity contribution in [3.8, 4) is 11.5 Å². The number of nitrogens with one attached hydrogen (secondary N) is 1. The number of fused-ring (bicyclic) bond motifs is 2. The lowest BCUT2D eigenvalue weighted by atomic mass is 9.91. The summed E-state index contributed by atoms with van der Waals surface area (Å²) >= 11 is 6.93. The third-order valence-corrected chi connectivity index (χ3v) is 9.09. The lowest BCUT2D eigenvalue weighted by molar-refractivity contribution is 0.0143. The van der Waals surface area contributed by atoms with Crippen molar-refractivity contribution in [2.45, 2.75) is 63.7 Å². The molecule has 6 aromatic rings. The summed E-state index contributed by atoms with van der Waals surface area (Å²) in [5.74, 6) is 3.64. The summed E-state index contributed by atoms with van der Waals surface area (Å²) in [4.78, 5) is 18.4. The Labute approximate surface area is 276 Å². The number of anilines is 2. The largest absolute Gasteiger partial charge is 0.451 e. The van der Waals surface area contributed by atoms with E-state index < -0.39 is 0 Å². The molecule has 242 valence electrons. The normalized spacial score (nSPS) is 18.4. The van der Waals surface area contributed by atoms with E-state index in [0.717, 1.165) is 35.6 Å². The number of halogens is 1. The van der Waals surface area contributed by atoms with Crippen molar-refractivity contribution in [1.82, 2.24) is 38.7 Å². The van der Waals surface area contributed by atoms with Gasteiger partial charge in [-0.15, -0.1) is 0 Å². The molecular weight excluding hydrogens is 618 g/mol. The van der Waals surface area contributed by atoms with E-state index in [1.807, 2.05) is 45.1 Å². The monoisotopic (exact) mass is 653 g/mol. The van der Waals surface area contributed by atoms with Crippen molar-refractivity contribution in [3.05, 3.63) is 83.3 Å². The van der Waals surface area contributed by atoms with Crippen molar-refractivity contribution in [1.29, 1.82) is 0 Å². The zero-order valence-corrected chi connectivity index (χ0v) is 27.5. The summed E-state index contributed by atoms with van der Waals surface area (Å²) in [7, 11) is 1.88. The second-order valence-electron chi connectivity index (χ2n) is 13.3. The van der Waals surface area contributed by atoms with E-state index in [1.54, 1.807) is 18.6 Å². The fourth-order valence-corrected chi connectivity index (χ4v) is 6.37. The fraction of sp³-hybridized carbons (Fsp3) is 0.382. The molecular formula is C34H36ClN9O3. The predicted molar refractivity (Wildman–Crippen MR) is 178 cm³/mol. The first-order valence-corrected chi connectivity index (χ1v) is 16.2. The number of aromatic nitrogens is 8. The summed E-state index contributed by atoms with van der Waals surface area (Å²) in [5.41, 5.74) is 3.91. The Hall–Kier alpha value is -4.52. The number of pyridine rings is 1. The van der Waals surface area contributed by atoms with Gasteiger partial charge in [0, 0.05) is 30.1 Å². The van der Waals surface area contributed by atoms with Gasteiger partial charge in [-0.1, -0.05) is 62.7 Å². The first-order valence-electron chi connectivity index (χ1n) is 15.8. The minimum Gasteiger partial charge on any atom is -0.451 e. The molecule has 13 heteroatoms. The maximum Gasteiger partial charge on any atom is 0.210 e. The van der Waals surface area contributed by atoms with Crippen LogP contribution in [0.4, 0.5) is 11.8 Å². The molecule has 47 heavy (non-hydrogen) atoms. The Balaban J connectivity index is 1.06. The van der Waals surface area contributed by atoms with Gasteiger partial charge in [-0.3, -0.25) is 9.08 Å². The number of hydrogen-bond donors (Lipinski definition) is 1. The highest BCUT2D eigenvalue weighted by Crippen LogP contribution is 2.40. The van der Waals surface area contributed by atoms with Gasteiger partial charge in [-0.25, -0.2) is 15.0 Å². The SMILES string of the molecule is Cn1c(Nc2cc(C(C)(C)C)n([C@H]3COC[C@@H]3OCc3ccccc3)n2)nc2ncc(Oc3cnc4cnc(C5CC5)n4c3)c(Cl)c21. The number of hydrogen-bond acceptors (Lipinski definition) is 9. The Kier molecular flexibility index (Phi) is 7.38. The van der Waals surface area contributed by atoms with Crippen molar-refractivity contribution in [3.63, 3.8) is 0 Å². The van der Waals surface area contributed by atoms with Crippen LogP contribution < -0.4 is 10.1 Å². The molecule has 0 radical (unpaired) electrons. The zero-order chi connectivity index (χ0) is 32.3. The summed E-state index contributed by atoms with van der Waals surface area (Å²) in [5, 5.41) is 8.81. The van der Waals surface area contributed by atoms with Crippen LogP contribution in [0, 0.1) is 0 Å². The van der Waals surface area contributed by atoms with Crippen molar-refractivity contribution in [2.24, 2.45) is 7.05 Å². The molecule has 6 heterocycles. The Morgan fingerprint density at radius 3 is 2.66 bits per heavy atom. The maximum absolute atomic E-state index is 6.93. The number of imidazole rings is 2. The van der Waals surface area contributed by atoms with E-state index in [-0.39, 0.29) is 17.6 Å². The Morgan fingerprint density at radius 2 is 1.87 bits per heavy atom. The topological polar surface area (TPSA) is 118 Å². The first kappa shape index (κ1) is 29.9. The van der Waals surface area contributed by atoms with Crippen LogP contribution in [-0.2, 0) is 28.5 Å². The highest BCUT2D eigenvalue weighted by Gasteiger charge is 2.35. The van der Waals surface area contributed by atoms with Gasteiger partial charge in [-0.05, 0) is 18.4 Å². The van der Waals surface area contributed by atoms with E-state index in [9.17, 15) is 0 Å². The number of ether oxygens (including phenoxy) is 3. The van der Waals surface area contributed by atoms with Crippen LogP contribution in [0.5, 0.6) is 11.5 Å². The molecule has 8 rings (SSSR count). The summed E-state index contributed by atoms with van der Waals surface area (Å²) in [6.07, 6.45) is 9.09. The van der Waals surface area contributed by atoms with Crippen molar-refractivity contribution < 1.29 is 14.2 Å². The highest BCUT2D eigenvalue weighted by atomic mass is 35.5. The van der Waals surface area contributed by atoms with Crippen molar-refractivity contribution in [2.75, 3.05) is 18.5 Å². The summed E-state index contributed by atoms with van der Waals surface area (Å²) < 4.78 is 24.3. The minimum absolute atomic E-state index is 0.0730. The quantitative estimate of drug-likeness (QED) is 0.181. The van der Waals surface area contributed by atoms with E-state index in [0.29, 0.717) is 65.2 Å². The molecule has 0 spiro atoms. The van der Waals surface area contributed by atoms with Gasteiger partial charge in [0.15, 0.2) is 28.6 Å². The van der Waals surface area contributed by atoms with Crippen LogP contribution in [-0.4, -0.2) is 58.0 Å². The van der Waals surface area contributed by atoms with Crippen LogP contribution in [0.15, 0.2) is 61.2 Å². The van der Waals surface area contributed by atoms with Gasteiger partial charge in [0.2, 0.25) is 5.95 Å². The number of benzene rings is 1. The average molecular weight is 654 g/mol. The van der Waals surface area contributed by atoms with Crippen LogP contribution in [0.3, 0.4) is 0 Å². The van der Waals surface area contributed by atoms with Gasteiger partial charge < -0.3 is 24.1 Å². The summed E-state index contributed by atoms with van der Waals surface area (Å²) in [6, 6.07) is 12.2. The number of rotatable bonds is 9. The molecule has 1 aliphatic heterocycles. The number of nitrogens with zero attached hydrogens (tertiary/aromatic N) is 8. The van der Waals surface area contributed by atoms with E-state index in [4.69, 9.17) is 35.9 Å². The first-order chi connectivity index (χ1) is 22.7. The predicted octanol–water partition coefficient (Wildman–Crippen LogP) is 6.73. The molecule has 1 aromatic carbocycles. The van der Waals surface area contributed by atoms with E-state index in [1.165, 1.54) is 0 Å². The highest BCUT2D eigenvalue weighted by molar-refractivity contribution is 6.36. The Morgan fingerprint density at radius 1 is 1.04 bits per heavy atom. The third kappa shape index (κ3) is 5.70.